The SMILES string of the molecule is CN(CCS(=O)(=O)O)C(=O)CCCCCCC(=O)OCC#Cc1ccc2c(c1)c(=O)c(C(=O)NCc1ccc(Cl)cc1)cn2C1CC1. The van der Waals surface area contributed by atoms with Crippen molar-refractivity contribution in [3.8, 4) is 11.8 Å². The lowest BCUT2D eigenvalue weighted by Crippen LogP contribution is -2.31. The van der Waals surface area contributed by atoms with Crippen molar-refractivity contribution in [3.63, 3.8) is 0 Å². The first-order valence-corrected chi connectivity index (χ1v) is 17.4. The first-order valence-electron chi connectivity index (χ1n) is 15.5. The van der Waals surface area contributed by atoms with Gasteiger partial charge in [-0.3, -0.25) is 23.7 Å². The van der Waals surface area contributed by atoms with E-state index in [1.165, 1.54) is 11.9 Å². The van der Waals surface area contributed by atoms with Crippen LogP contribution in [0.4, 0.5) is 0 Å². The molecule has 0 aliphatic heterocycles. The molecular weight excluding hydrogens is 646 g/mol. The Labute approximate surface area is 279 Å². The fraction of sp³-hybridized carbons (Fsp3) is 0.412. The van der Waals surface area contributed by atoms with Crippen molar-refractivity contribution in [2.75, 3.05) is 26.0 Å². The number of esters is 1. The van der Waals surface area contributed by atoms with Gasteiger partial charge in [-0.25, -0.2) is 0 Å². The Morgan fingerprint density at radius 3 is 2.45 bits per heavy atom. The number of pyridine rings is 1. The highest BCUT2D eigenvalue weighted by Crippen LogP contribution is 2.37. The summed E-state index contributed by atoms with van der Waals surface area (Å²) in [6, 6.07) is 12.6. The summed E-state index contributed by atoms with van der Waals surface area (Å²) in [6.45, 7) is 0.0736. The van der Waals surface area contributed by atoms with Crippen molar-refractivity contribution in [1.29, 1.82) is 0 Å². The van der Waals surface area contributed by atoms with Crippen LogP contribution >= 0.6 is 11.6 Å². The molecular formula is C34H38ClN3O8S. The topological polar surface area (TPSA) is 152 Å². The summed E-state index contributed by atoms with van der Waals surface area (Å²) >= 11 is 5.94. The molecule has 3 aromatic rings. The lowest BCUT2D eigenvalue weighted by atomic mass is 10.1. The smallest absolute Gasteiger partial charge is 0.306 e. The number of unbranched alkanes of at least 4 members (excludes halogenated alkanes) is 3. The van der Waals surface area contributed by atoms with Crippen LogP contribution in [0.15, 0.2) is 53.5 Å². The molecule has 1 aromatic heterocycles. The zero-order chi connectivity index (χ0) is 34.0. The highest BCUT2D eigenvalue weighted by atomic mass is 35.5. The van der Waals surface area contributed by atoms with Gasteiger partial charge in [0.15, 0.2) is 6.61 Å². The van der Waals surface area contributed by atoms with Gasteiger partial charge in [-0.2, -0.15) is 8.42 Å². The predicted octanol–water partition coefficient (Wildman–Crippen LogP) is 4.50. The molecule has 0 atom stereocenters. The van der Waals surface area contributed by atoms with Gasteiger partial charge in [0.05, 0.1) is 11.3 Å². The standard InChI is InChI=1S/C34H38ClN3O8S/c1-37(18-20-47(43,44)45)31(39)8-4-2-3-5-9-32(40)46-19-6-7-24-12-17-30-28(21-24)33(41)29(23-38(30)27-15-16-27)34(42)36-22-25-10-13-26(35)14-11-25/h10-14,17,21,23,27H,2-5,8-9,15-16,18-20,22H2,1H3,(H,36,42)(H,43,44,45). The molecule has 4 rings (SSSR count). The summed E-state index contributed by atoms with van der Waals surface area (Å²) < 4.78 is 37.6. The second kappa shape index (κ2) is 16.6. The molecule has 2 aromatic carbocycles. The molecule has 0 saturated heterocycles. The first-order chi connectivity index (χ1) is 22.4. The monoisotopic (exact) mass is 683 g/mol. The van der Waals surface area contributed by atoms with Gasteiger partial charge >= 0.3 is 5.97 Å². The average molecular weight is 684 g/mol. The molecule has 2 N–H and O–H groups in total. The minimum Gasteiger partial charge on any atom is -0.452 e. The number of carbonyl (C=O) groups is 3. The Morgan fingerprint density at radius 1 is 1.06 bits per heavy atom. The van der Waals surface area contributed by atoms with Crippen molar-refractivity contribution < 1.29 is 32.1 Å². The highest BCUT2D eigenvalue weighted by molar-refractivity contribution is 7.85. The van der Waals surface area contributed by atoms with Crippen LogP contribution in [0.5, 0.6) is 0 Å². The number of fused-ring (bicyclic) bond motifs is 1. The Kier molecular flexibility index (Phi) is 12.6. The van der Waals surface area contributed by atoms with Gasteiger partial charge in [-0.1, -0.05) is 48.4 Å². The van der Waals surface area contributed by atoms with E-state index in [-0.39, 0.29) is 61.4 Å². The van der Waals surface area contributed by atoms with Crippen LogP contribution in [-0.2, 0) is 31.0 Å². The van der Waals surface area contributed by atoms with E-state index in [4.69, 9.17) is 20.9 Å². The number of nitrogens with one attached hydrogen (secondary N) is 1. The molecule has 250 valence electrons. The molecule has 2 amide bonds. The zero-order valence-electron chi connectivity index (χ0n) is 26.2. The van der Waals surface area contributed by atoms with Crippen LogP contribution in [0.25, 0.3) is 10.9 Å². The molecule has 0 spiro atoms. The number of hydrogen-bond acceptors (Lipinski definition) is 7. The lowest BCUT2D eigenvalue weighted by molar-refractivity contribution is -0.142. The van der Waals surface area contributed by atoms with E-state index in [2.05, 4.69) is 17.2 Å². The molecule has 1 fully saturated rings. The molecule has 1 aliphatic rings. The number of amides is 2. The number of benzene rings is 2. The fourth-order valence-electron chi connectivity index (χ4n) is 4.92. The summed E-state index contributed by atoms with van der Waals surface area (Å²) in [4.78, 5) is 51.9. The largest absolute Gasteiger partial charge is 0.452 e. The third-order valence-electron chi connectivity index (χ3n) is 7.75. The van der Waals surface area contributed by atoms with Gasteiger partial charge < -0.3 is 19.5 Å². The number of ether oxygens (including phenoxy) is 1. The number of rotatable bonds is 15. The number of halogens is 1. The van der Waals surface area contributed by atoms with Gasteiger partial charge in [0.25, 0.3) is 16.0 Å². The molecule has 13 heteroatoms. The normalized spacial score (nSPS) is 12.7. The third-order valence-corrected chi connectivity index (χ3v) is 8.70. The summed E-state index contributed by atoms with van der Waals surface area (Å²) in [5.41, 5.74) is 1.83. The van der Waals surface area contributed by atoms with Crippen LogP contribution in [0, 0.1) is 11.8 Å². The van der Waals surface area contributed by atoms with Gasteiger partial charge in [0.2, 0.25) is 11.3 Å². The second-order valence-electron chi connectivity index (χ2n) is 11.5. The van der Waals surface area contributed by atoms with Crippen LogP contribution < -0.4 is 10.7 Å². The van der Waals surface area contributed by atoms with Crippen molar-refractivity contribution in [2.45, 2.75) is 64.0 Å². The minimum atomic E-state index is -4.11. The fourth-order valence-corrected chi connectivity index (χ4v) is 5.55. The average Bonchev–Trinajstić information content (AvgIpc) is 3.88. The Bertz CT molecular complexity index is 1840. The molecule has 11 nitrogen and oxygen atoms in total. The number of nitrogens with zero attached hydrogens (tertiary/aromatic N) is 2. The number of hydrogen-bond donors (Lipinski definition) is 2. The van der Waals surface area contributed by atoms with E-state index >= 15 is 0 Å². The van der Waals surface area contributed by atoms with Crippen LogP contribution in [-0.4, -0.2) is 66.2 Å². The summed E-state index contributed by atoms with van der Waals surface area (Å²) in [7, 11) is -2.63. The third kappa shape index (κ3) is 11.2. The van der Waals surface area contributed by atoms with Crippen molar-refractivity contribution in [1.82, 2.24) is 14.8 Å². The molecule has 1 aliphatic carbocycles. The molecule has 1 saturated carbocycles. The summed E-state index contributed by atoms with van der Waals surface area (Å²) in [5, 5.41) is 3.82. The van der Waals surface area contributed by atoms with Gasteiger partial charge in [0.1, 0.15) is 5.56 Å². The maximum Gasteiger partial charge on any atom is 0.306 e. The van der Waals surface area contributed by atoms with Crippen molar-refractivity contribution in [3.05, 3.63) is 80.6 Å². The Hall–Kier alpha value is -4.18. The number of carbonyl (C=O) groups excluding carboxylic acids is 3. The van der Waals surface area contributed by atoms with Gasteiger partial charge in [-0.05, 0) is 61.6 Å². The predicted molar refractivity (Wildman–Crippen MR) is 179 cm³/mol. The van der Waals surface area contributed by atoms with E-state index in [9.17, 15) is 27.6 Å². The van der Waals surface area contributed by atoms with Crippen molar-refractivity contribution >= 4 is 50.4 Å². The maximum absolute atomic E-state index is 13.4. The van der Waals surface area contributed by atoms with Gasteiger partial charge in [-0.15, -0.1) is 0 Å². The van der Waals surface area contributed by atoms with Crippen LogP contribution in [0.3, 0.4) is 0 Å². The van der Waals surface area contributed by atoms with E-state index in [0.29, 0.717) is 28.8 Å². The number of aromatic nitrogens is 1. The van der Waals surface area contributed by atoms with Crippen LogP contribution in [0.2, 0.25) is 5.02 Å². The highest BCUT2D eigenvalue weighted by Gasteiger charge is 2.27. The van der Waals surface area contributed by atoms with Gasteiger partial charge in [0, 0.05) is 61.2 Å². The van der Waals surface area contributed by atoms with E-state index in [1.807, 2.05) is 22.8 Å². The summed E-state index contributed by atoms with van der Waals surface area (Å²) in [5.74, 6) is 4.19. The molecule has 0 bridgehead atoms. The quantitative estimate of drug-likeness (QED) is 0.103. The van der Waals surface area contributed by atoms with E-state index in [0.717, 1.165) is 36.8 Å². The van der Waals surface area contributed by atoms with Crippen LogP contribution in [0.1, 0.15) is 78.9 Å². The zero-order valence-corrected chi connectivity index (χ0v) is 27.7. The molecule has 47 heavy (non-hydrogen) atoms. The van der Waals surface area contributed by atoms with E-state index in [1.54, 1.807) is 30.5 Å². The Morgan fingerprint density at radius 2 is 1.77 bits per heavy atom. The lowest BCUT2D eigenvalue weighted by Gasteiger charge is -2.16. The van der Waals surface area contributed by atoms with Crippen molar-refractivity contribution in [2.24, 2.45) is 0 Å². The summed E-state index contributed by atoms with van der Waals surface area (Å²) in [6.07, 6.45) is 6.68. The molecule has 1 heterocycles. The molecule has 0 radical (unpaired) electrons. The minimum absolute atomic E-state index is 0.0620. The Balaban J connectivity index is 1.25. The molecule has 0 unspecified atom stereocenters. The maximum atomic E-state index is 13.4. The second-order valence-corrected chi connectivity index (χ2v) is 13.5. The first kappa shape index (κ1) is 35.7. The van der Waals surface area contributed by atoms with E-state index < -0.39 is 21.8 Å².